The third-order valence-corrected chi connectivity index (χ3v) is 1.78. The summed E-state index contributed by atoms with van der Waals surface area (Å²) < 4.78 is 17.8. The Hall–Kier alpha value is -1.29. The van der Waals surface area contributed by atoms with Crippen LogP contribution in [0, 0.1) is 5.82 Å². The summed E-state index contributed by atoms with van der Waals surface area (Å²) in [5.41, 5.74) is 0.629. The van der Waals surface area contributed by atoms with E-state index in [0.29, 0.717) is 12.3 Å². The van der Waals surface area contributed by atoms with Gasteiger partial charge in [0.25, 0.3) is 0 Å². The van der Waals surface area contributed by atoms with Gasteiger partial charge in [0.1, 0.15) is 0 Å². The lowest BCUT2D eigenvalue weighted by atomic mass is 10.2. The van der Waals surface area contributed by atoms with E-state index in [4.69, 9.17) is 9.84 Å². The van der Waals surface area contributed by atoms with Gasteiger partial charge in [0, 0.05) is 24.9 Å². The molecule has 0 aliphatic carbocycles. The summed E-state index contributed by atoms with van der Waals surface area (Å²) in [6.07, 6.45) is 0. The molecule has 1 unspecified atom stereocenters. The molecule has 0 aromatic heterocycles. The number of phenolic OH excluding ortho intramolecular Hbond substituents is 1. The van der Waals surface area contributed by atoms with Crippen LogP contribution in [0.25, 0.3) is 0 Å². The quantitative estimate of drug-likeness (QED) is 0.728. The van der Waals surface area contributed by atoms with E-state index >= 15 is 0 Å². The number of anilines is 1. The zero-order valence-electron chi connectivity index (χ0n) is 8.25. The minimum Gasteiger partial charge on any atom is -0.505 e. The van der Waals surface area contributed by atoms with E-state index in [2.05, 4.69) is 5.32 Å². The summed E-state index contributed by atoms with van der Waals surface area (Å²) in [6, 6.07) is 4.28. The van der Waals surface area contributed by atoms with Gasteiger partial charge in [-0.2, -0.15) is 0 Å². The SMILES string of the molecule is COCC(C)Nc1ccc(O)c(F)c1. The molecular formula is C10H14FNO2. The molecule has 14 heavy (non-hydrogen) atoms. The van der Waals surface area contributed by atoms with Gasteiger partial charge < -0.3 is 15.2 Å². The molecule has 1 rings (SSSR count). The number of aromatic hydroxyl groups is 1. The summed E-state index contributed by atoms with van der Waals surface area (Å²) in [5.74, 6) is -0.963. The van der Waals surface area contributed by atoms with Crippen LogP contribution < -0.4 is 5.32 Å². The first-order valence-corrected chi connectivity index (χ1v) is 4.37. The van der Waals surface area contributed by atoms with Crippen molar-refractivity contribution in [3.05, 3.63) is 24.0 Å². The number of methoxy groups -OCH3 is 1. The Bertz CT molecular complexity index is 304. The average Bonchev–Trinajstić information content (AvgIpc) is 2.12. The molecular weight excluding hydrogens is 185 g/mol. The minimum absolute atomic E-state index is 0.101. The Morgan fingerprint density at radius 2 is 2.29 bits per heavy atom. The van der Waals surface area contributed by atoms with Gasteiger partial charge in [0.2, 0.25) is 0 Å². The molecule has 0 saturated heterocycles. The number of halogens is 1. The molecule has 1 atom stereocenters. The van der Waals surface area contributed by atoms with E-state index in [9.17, 15) is 4.39 Å². The van der Waals surface area contributed by atoms with Crippen molar-refractivity contribution in [2.24, 2.45) is 0 Å². The predicted octanol–water partition coefficient (Wildman–Crippen LogP) is 1.98. The van der Waals surface area contributed by atoms with Crippen LogP contribution in [0.2, 0.25) is 0 Å². The van der Waals surface area contributed by atoms with Crippen LogP contribution in [-0.2, 0) is 4.74 Å². The van der Waals surface area contributed by atoms with Crippen LogP contribution in [0.4, 0.5) is 10.1 Å². The number of hydrogen-bond acceptors (Lipinski definition) is 3. The molecule has 78 valence electrons. The molecule has 0 bridgehead atoms. The third-order valence-electron chi connectivity index (χ3n) is 1.78. The molecule has 0 aliphatic rings. The van der Waals surface area contributed by atoms with Crippen LogP contribution in [-0.4, -0.2) is 24.9 Å². The van der Waals surface area contributed by atoms with Crippen LogP contribution in [0.15, 0.2) is 18.2 Å². The molecule has 1 aromatic carbocycles. The fourth-order valence-electron chi connectivity index (χ4n) is 1.17. The predicted molar refractivity (Wildman–Crippen MR) is 53.0 cm³/mol. The average molecular weight is 199 g/mol. The highest BCUT2D eigenvalue weighted by Crippen LogP contribution is 2.19. The van der Waals surface area contributed by atoms with Crippen LogP contribution in [0.1, 0.15) is 6.92 Å². The molecule has 4 heteroatoms. The number of benzene rings is 1. The second-order valence-corrected chi connectivity index (χ2v) is 3.17. The number of hydrogen-bond donors (Lipinski definition) is 2. The Morgan fingerprint density at radius 3 is 2.86 bits per heavy atom. The topological polar surface area (TPSA) is 41.5 Å². The standard InChI is InChI=1S/C10H14FNO2/c1-7(6-14-2)12-8-3-4-10(13)9(11)5-8/h3-5,7,12-13H,6H2,1-2H3. The maximum absolute atomic E-state index is 12.9. The van der Waals surface area contributed by atoms with Crippen molar-refractivity contribution < 1.29 is 14.2 Å². The highest BCUT2D eigenvalue weighted by molar-refractivity contribution is 5.47. The van der Waals surface area contributed by atoms with E-state index < -0.39 is 5.82 Å². The zero-order chi connectivity index (χ0) is 10.6. The van der Waals surface area contributed by atoms with Crippen molar-refractivity contribution in [3.8, 4) is 5.75 Å². The molecule has 0 aliphatic heterocycles. The van der Waals surface area contributed by atoms with Crippen molar-refractivity contribution >= 4 is 5.69 Å². The van der Waals surface area contributed by atoms with Crippen molar-refractivity contribution in [3.63, 3.8) is 0 Å². The van der Waals surface area contributed by atoms with Gasteiger partial charge >= 0.3 is 0 Å². The molecule has 3 nitrogen and oxygen atoms in total. The molecule has 0 saturated carbocycles. The van der Waals surface area contributed by atoms with Crippen molar-refractivity contribution in [2.75, 3.05) is 19.0 Å². The second kappa shape index (κ2) is 4.81. The maximum Gasteiger partial charge on any atom is 0.166 e. The van der Waals surface area contributed by atoms with Gasteiger partial charge in [-0.3, -0.25) is 0 Å². The summed E-state index contributed by atoms with van der Waals surface area (Å²) in [4.78, 5) is 0. The van der Waals surface area contributed by atoms with E-state index in [1.165, 1.54) is 12.1 Å². The summed E-state index contributed by atoms with van der Waals surface area (Å²) >= 11 is 0. The van der Waals surface area contributed by atoms with Gasteiger partial charge in [0.15, 0.2) is 11.6 Å². The Kier molecular flexibility index (Phi) is 3.71. The van der Waals surface area contributed by atoms with E-state index in [1.54, 1.807) is 13.2 Å². The highest BCUT2D eigenvalue weighted by atomic mass is 19.1. The van der Waals surface area contributed by atoms with Crippen molar-refractivity contribution in [1.29, 1.82) is 0 Å². The van der Waals surface area contributed by atoms with Crippen LogP contribution in [0.3, 0.4) is 0 Å². The number of nitrogens with one attached hydrogen (secondary N) is 1. The number of rotatable bonds is 4. The third kappa shape index (κ3) is 2.88. The molecule has 2 N–H and O–H groups in total. The van der Waals surface area contributed by atoms with Crippen LogP contribution in [0.5, 0.6) is 5.75 Å². The van der Waals surface area contributed by atoms with E-state index in [1.807, 2.05) is 6.92 Å². The van der Waals surface area contributed by atoms with Crippen molar-refractivity contribution in [1.82, 2.24) is 0 Å². The molecule has 0 spiro atoms. The fraction of sp³-hybridized carbons (Fsp3) is 0.400. The lowest BCUT2D eigenvalue weighted by Gasteiger charge is -2.14. The molecule has 1 aromatic rings. The van der Waals surface area contributed by atoms with Gasteiger partial charge in [0.05, 0.1) is 6.61 Å². The first-order chi connectivity index (χ1) is 6.63. The molecule has 0 fully saturated rings. The van der Waals surface area contributed by atoms with Gasteiger partial charge in [-0.15, -0.1) is 0 Å². The Balaban J connectivity index is 2.63. The van der Waals surface area contributed by atoms with Gasteiger partial charge in [-0.05, 0) is 19.1 Å². The monoisotopic (exact) mass is 199 g/mol. The lowest BCUT2D eigenvalue weighted by Crippen LogP contribution is -2.20. The minimum atomic E-state index is -0.625. The summed E-state index contributed by atoms with van der Waals surface area (Å²) in [7, 11) is 1.61. The molecule has 0 heterocycles. The second-order valence-electron chi connectivity index (χ2n) is 3.17. The zero-order valence-corrected chi connectivity index (χ0v) is 8.25. The van der Waals surface area contributed by atoms with Gasteiger partial charge in [-0.1, -0.05) is 0 Å². The van der Waals surface area contributed by atoms with E-state index in [0.717, 1.165) is 0 Å². The number of phenols is 1. The first-order valence-electron chi connectivity index (χ1n) is 4.37. The normalized spacial score (nSPS) is 12.5. The van der Waals surface area contributed by atoms with Crippen LogP contribution >= 0.6 is 0 Å². The maximum atomic E-state index is 12.9. The summed E-state index contributed by atoms with van der Waals surface area (Å²) in [5, 5.41) is 12.0. The largest absolute Gasteiger partial charge is 0.505 e. The lowest BCUT2D eigenvalue weighted by molar-refractivity contribution is 0.190. The first kappa shape index (κ1) is 10.8. The molecule has 0 radical (unpaired) electrons. The fourth-order valence-corrected chi connectivity index (χ4v) is 1.17. The van der Waals surface area contributed by atoms with Crippen molar-refractivity contribution in [2.45, 2.75) is 13.0 Å². The molecule has 0 amide bonds. The van der Waals surface area contributed by atoms with Gasteiger partial charge in [-0.25, -0.2) is 4.39 Å². The Morgan fingerprint density at radius 1 is 1.57 bits per heavy atom. The summed E-state index contributed by atoms with van der Waals surface area (Å²) in [6.45, 7) is 2.47. The smallest absolute Gasteiger partial charge is 0.166 e. The Labute approximate surface area is 82.5 Å². The highest BCUT2D eigenvalue weighted by Gasteiger charge is 2.04. The van der Waals surface area contributed by atoms with E-state index in [-0.39, 0.29) is 11.8 Å². The number of ether oxygens (including phenoxy) is 1.